The fourth-order valence-electron chi connectivity index (χ4n) is 4.19. The molecule has 0 amide bonds. The van der Waals surface area contributed by atoms with Crippen LogP contribution in [0.3, 0.4) is 0 Å². The normalized spacial score (nSPS) is 35.2. The maximum absolute atomic E-state index is 12.7. The van der Waals surface area contributed by atoms with Crippen LogP contribution in [-0.2, 0) is 9.53 Å². The summed E-state index contributed by atoms with van der Waals surface area (Å²) < 4.78 is 6.05. The van der Waals surface area contributed by atoms with Gasteiger partial charge in [0, 0.05) is 12.5 Å². The first kappa shape index (κ1) is 13.6. The minimum Gasteiger partial charge on any atom is -0.375 e. The van der Waals surface area contributed by atoms with Crippen LogP contribution < -0.4 is 5.32 Å². The van der Waals surface area contributed by atoms with Gasteiger partial charge in [0.1, 0.15) is 0 Å². The average molecular weight is 265 g/mol. The first-order valence-electron chi connectivity index (χ1n) is 8.20. The molecule has 0 bridgehead atoms. The van der Waals surface area contributed by atoms with Gasteiger partial charge in [-0.3, -0.25) is 4.79 Å². The molecule has 1 spiro atoms. The van der Waals surface area contributed by atoms with Gasteiger partial charge in [-0.1, -0.05) is 25.7 Å². The summed E-state index contributed by atoms with van der Waals surface area (Å²) in [6, 6.07) is 0.129. The third-order valence-electron chi connectivity index (χ3n) is 5.31. The van der Waals surface area contributed by atoms with Gasteiger partial charge in [-0.15, -0.1) is 0 Å². The van der Waals surface area contributed by atoms with Crippen molar-refractivity contribution >= 4 is 5.78 Å². The molecule has 3 rings (SSSR count). The molecule has 2 atom stereocenters. The molecule has 2 aliphatic heterocycles. The maximum atomic E-state index is 12.7. The molecule has 1 aliphatic carbocycles. The Bertz CT molecular complexity index is 315. The van der Waals surface area contributed by atoms with E-state index in [2.05, 4.69) is 5.32 Å². The van der Waals surface area contributed by atoms with Crippen molar-refractivity contribution in [2.45, 2.75) is 75.9 Å². The number of ketones is 1. The van der Waals surface area contributed by atoms with E-state index in [4.69, 9.17) is 4.74 Å². The second kappa shape index (κ2) is 5.92. The van der Waals surface area contributed by atoms with E-state index in [1.165, 1.54) is 44.9 Å². The zero-order valence-corrected chi connectivity index (χ0v) is 12.0. The van der Waals surface area contributed by atoms with Gasteiger partial charge in [-0.05, 0) is 45.1 Å². The van der Waals surface area contributed by atoms with Crippen molar-refractivity contribution in [3.8, 4) is 0 Å². The minimum atomic E-state index is 0.0727. The van der Waals surface area contributed by atoms with Gasteiger partial charge >= 0.3 is 0 Å². The number of rotatable bonds is 2. The monoisotopic (exact) mass is 265 g/mol. The van der Waals surface area contributed by atoms with E-state index in [-0.39, 0.29) is 17.6 Å². The lowest BCUT2D eigenvalue weighted by atomic mass is 9.80. The van der Waals surface area contributed by atoms with Crippen LogP contribution in [0.5, 0.6) is 0 Å². The SMILES string of the molecule is O=C(C1CCOC2(CCCC2)C1)C1CCCCCN1. The molecule has 0 aromatic rings. The zero-order valence-electron chi connectivity index (χ0n) is 12.0. The Morgan fingerprint density at radius 3 is 2.74 bits per heavy atom. The van der Waals surface area contributed by atoms with Crippen LogP contribution in [0.25, 0.3) is 0 Å². The van der Waals surface area contributed by atoms with Crippen LogP contribution >= 0.6 is 0 Å². The Balaban J connectivity index is 1.62. The first-order valence-corrected chi connectivity index (χ1v) is 8.20. The fourth-order valence-corrected chi connectivity index (χ4v) is 4.19. The molecule has 0 aromatic carbocycles. The Hall–Kier alpha value is -0.410. The summed E-state index contributed by atoms with van der Waals surface area (Å²) in [5.74, 6) is 0.735. The van der Waals surface area contributed by atoms with Gasteiger partial charge in [-0.25, -0.2) is 0 Å². The van der Waals surface area contributed by atoms with Crippen LogP contribution in [0.1, 0.15) is 64.2 Å². The van der Waals surface area contributed by atoms with Gasteiger partial charge in [-0.2, -0.15) is 0 Å². The van der Waals surface area contributed by atoms with Crippen molar-refractivity contribution in [2.24, 2.45) is 5.92 Å². The highest BCUT2D eigenvalue weighted by molar-refractivity contribution is 5.86. The number of carbonyl (C=O) groups excluding carboxylic acids is 1. The second-order valence-electron chi connectivity index (χ2n) is 6.69. The molecular formula is C16H27NO2. The fraction of sp³-hybridized carbons (Fsp3) is 0.938. The summed E-state index contributed by atoms with van der Waals surface area (Å²) in [5, 5.41) is 3.47. The molecule has 1 saturated carbocycles. The van der Waals surface area contributed by atoms with E-state index in [0.717, 1.165) is 32.4 Å². The Kier molecular flexibility index (Phi) is 4.23. The van der Waals surface area contributed by atoms with Crippen LogP contribution in [0.15, 0.2) is 0 Å². The van der Waals surface area contributed by atoms with E-state index >= 15 is 0 Å². The lowest BCUT2D eigenvalue weighted by Crippen LogP contribution is -2.46. The summed E-state index contributed by atoms with van der Waals surface area (Å²) in [5.41, 5.74) is 0.0727. The lowest BCUT2D eigenvalue weighted by molar-refractivity contribution is -0.138. The van der Waals surface area contributed by atoms with Gasteiger partial charge in [0.25, 0.3) is 0 Å². The molecule has 108 valence electrons. The quantitative estimate of drug-likeness (QED) is 0.834. The smallest absolute Gasteiger partial charge is 0.153 e. The molecule has 0 radical (unpaired) electrons. The van der Waals surface area contributed by atoms with Crippen LogP contribution in [0.2, 0.25) is 0 Å². The van der Waals surface area contributed by atoms with Crippen molar-refractivity contribution in [1.29, 1.82) is 0 Å². The van der Waals surface area contributed by atoms with Gasteiger partial charge in [0.2, 0.25) is 0 Å². The number of hydrogen-bond donors (Lipinski definition) is 1. The highest BCUT2D eigenvalue weighted by atomic mass is 16.5. The first-order chi connectivity index (χ1) is 9.29. The number of carbonyl (C=O) groups is 1. The van der Waals surface area contributed by atoms with Crippen molar-refractivity contribution < 1.29 is 9.53 Å². The molecule has 0 aromatic heterocycles. The highest BCUT2D eigenvalue weighted by Crippen LogP contribution is 2.42. The maximum Gasteiger partial charge on any atom is 0.153 e. The molecule has 3 aliphatic rings. The predicted octanol–water partition coefficient (Wildman–Crippen LogP) is 2.83. The number of nitrogens with one attached hydrogen (secondary N) is 1. The topological polar surface area (TPSA) is 38.3 Å². The van der Waals surface area contributed by atoms with E-state index < -0.39 is 0 Å². The van der Waals surface area contributed by atoms with Gasteiger partial charge < -0.3 is 10.1 Å². The van der Waals surface area contributed by atoms with Crippen molar-refractivity contribution in [2.75, 3.05) is 13.2 Å². The molecule has 3 heteroatoms. The Morgan fingerprint density at radius 2 is 1.89 bits per heavy atom. The highest BCUT2D eigenvalue weighted by Gasteiger charge is 2.42. The molecule has 2 unspecified atom stereocenters. The van der Waals surface area contributed by atoms with Crippen molar-refractivity contribution in [3.63, 3.8) is 0 Å². The zero-order chi connectivity index (χ0) is 13.1. The molecule has 1 N–H and O–H groups in total. The third-order valence-corrected chi connectivity index (χ3v) is 5.31. The van der Waals surface area contributed by atoms with Gasteiger partial charge in [0.15, 0.2) is 5.78 Å². The number of hydrogen-bond acceptors (Lipinski definition) is 3. The van der Waals surface area contributed by atoms with E-state index in [1.54, 1.807) is 0 Å². The predicted molar refractivity (Wildman–Crippen MR) is 75.1 cm³/mol. The molecule has 19 heavy (non-hydrogen) atoms. The largest absolute Gasteiger partial charge is 0.375 e. The average Bonchev–Trinajstić information content (AvgIpc) is 2.72. The summed E-state index contributed by atoms with van der Waals surface area (Å²) in [4.78, 5) is 12.7. The molecule has 3 fully saturated rings. The Labute approximate surface area is 116 Å². The summed E-state index contributed by atoms with van der Waals surface area (Å²) >= 11 is 0. The number of Topliss-reactive ketones (excluding diaryl/α,β-unsaturated/α-hetero) is 1. The third kappa shape index (κ3) is 3.03. The minimum absolute atomic E-state index is 0.0727. The number of ether oxygens (including phenoxy) is 1. The van der Waals surface area contributed by atoms with Crippen molar-refractivity contribution in [1.82, 2.24) is 5.32 Å². The van der Waals surface area contributed by atoms with E-state index in [0.29, 0.717) is 5.78 Å². The Morgan fingerprint density at radius 1 is 1.05 bits per heavy atom. The molecule has 3 nitrogen and oxygen atoms in total. The standard InChI is InChI=1S/C16H27NO2/c18-15(14-6-2-1-5-10-17-14)13-7-11-19-16(12-13)8-3-4-9-16/h13-14,17H,1-12H2. The molecule has 2 saturated heterocycles. The van der Waals surface area contributed by atoms with Crippen LogP contribution in [-0.4, -0.2) is 30.6 Å². The summed E-state index contributed by atoms with van der Waals surface area (Å²) in [6.07, 6.45) is 11.6. The lowest BCUT2D eigenvalue weighted by Gasteiger charge is -2.38. The van der Waals surface area contributed by atoms with E-state index in [9.17, 15) is 4.79 Å². The summed E-state index contributed by atoms with van der Waals surface area (Å²) in [7, 11) is 0. The van der Waals surface area contributed by atoms with Crippen LogP contribution in [0, 0.1) is 5.92 Å². The van der Waals surface area contributed by atoms with E-state index in [1.807, 2.05) is 0 Å². The molecule has 2 heterocycles. The molecular weight excluding hydrogens is 238 g/mol. The van der Waals surface area contributed by atoms with Gasteiger partial charge in [0.05, 0.1) is 11.6 Å². The summed E-state index contributed by atoms with van der Waals surface area (Å²) in [6.45, 7) is 1.81. The van der Waals surface area contributed by atoms with Crippen LogP contribution in [0.4, 0.5) is 0 Å². The second-order valence-corrected chi connectivity index (χ2v) is 6.69. The van der Waals surface area contributed by atoms with Crippen molar-refractivity contribution in [3.05, 3.63) is 0 Å².